The maximum Gasteiger partial charge on any atom is 0.324 e. The fourth-order valence-corrected chi connectivity index (χ4v) is 2.80. The first-order valence-corrected chi connectivity index (χ1v) is 7.22. The SMILES string of the molecule is COC(=O)[C@@H](NS(=O)(=O)c1ccc(N)cc1)C(C)C. The molecule has 0 saturated carbocycles. The van der Waals surface area contributed by atoms with E-state index in [2.05, 4.69) is 9.46 Å². The van der Waals surface area contributed by atoms with Gasteiger partial charge in [-0.3, -0.25) is 4.79 Å². The molecule has 0 aromatic heterocycles. The van der Waals surface area contributed by atoms with Crippen molar-refractivity contribution in [1.29, 1.82) is 0 Å². The van der Waals surface area contributed by atoms with Crippen LogP contribution in [0.3, 0.4) is 0 Å². The zero-order chi connectivity index (χ0) is 14.6. The van der Waals surface area contributed by atoms with E-state index < -0.39 is 22.0 Å². The monoisotopic (exact) mass is 286 g/mol. The number of methoxy groups -OCH3 is 1. The van der Waals surface area contributed by atoms with Gasteiger partial charge in [-0.25, -0.2) is 8.42 Å². The van der Waals surface area contributed by atoms with Crippen LogP contribution in [-0.2, 0) is 19.6 Å². The van der Waals surface area contributed by atoms with Gasteiger partial charge in [0.25, 0.3) is 0 Å². The van der Waals surface area contributed by atoms with Gasteiger partial charge in [0.15, 0.2) is 0 Å². The van der Waals surface area contributed by atoms with Gasteiger partial charge in [0.05, 0.1) is 12.0 Å². The van der Waals surface area contributed by atoms with Crippen molar-refractivity contribution in [3.05, 3.63) is 24.3 Å². The Hall–Kier alpha value is -1.60. The van der Waals surface area contributed by atoms with Crippen LogP contribution in [0.2, 0.25) is 0 Å². The van der Waals surface area contributed by atoms with Crippen LogP contribution < -0.4 is 10.5 Å². The summed E-state index contributed by atoms with van der Waals surface area (Å²) in [7, 11) is -2.57. The molecule has 0 spiro atoms. The Kier molecular flexibility index (Phi) is 4.90. The lowest BCUT2D eigenvalue weighted by Gasteiger charge is -2.19. The van der Waals surface area contributed by atoms with Gasteiger partial charge in [-0.2, -0.15) is 4.72 Å². The van der Waals surface area contributed by atoms with E-state index in [-0.39, 0.29) is 10.8 Å². The number of sulfonamides is 1. The van der Waals surface area contributed by atoms with Gasteiger partial charge in [0.2, 0.25) is 10.0 Å². The van der Waals surface area contributed by atoms with Gasteiger partial charge < -0.3 is 10.5 Å². The third kappa shape index (κ3) is 3.93. The van der Waals surface area contributed by atoms with E-state index in [0.29, 0.717) is 5.69 Å². The molecule has 0 fully saturated rings. The molecule has 1 aromatic rings. The number of rotatable bonds is 5. The van der Waals surface area contributed by atoms with Crippen molar-refractivity contribution >= 4 is 21.7 Å². The molecule has 1 atom stereocenters. The zero-order valence-electron chi connectivity index (χ0n) is 11.1. The molecular formula is C12H18N2O4S. The number of esters is 1. The quantitative estimate of drug-likeness (QED) is 0.614. The minimum absolute atomic E-state index is 0.0521. The fraction of sp³-hybridized carbons (Fsp3) is 0.417. The van der Waals surface area contributed by atoms with Gasteiger partial charge >= 0.3 is 5.97 Å². The highest BCUT2D eigenvalue weighted by Gasteiger charge is 2.28. The molecular weight excluding hydrogens is 268 g/mol. The Bertz CT molecular complexity index is 537. The third-order valence-electron chi connectivity index (χ3n) is 2.59. The number of nitrogen functional groups attached to an aromatic ring is 1. The second kappa shape index (κ2) is 6.03. The van der Waals surface area contributed by atoms with Gasteiger partial charge in [-0.15, -0.1) is 0 Å². The standard InChI is InChI=1S/C12H18N2O4S/c1-8(2)11(12(15)18-3)14-19(16,17)10-6-4-9(13)5-7-10/h4-8,11,14H,13H2,1-3H3/t11-/m0/s1. The number of carbonyl (C=O) groups is 1. The number of hydrogen-bond donors (Lipinski definition) is 2. The number of benzene rings is 1. The van der Waals surface area contributed by atoms with Gasteiger partial charge in [0, 0.05) is 5.69 Å². The van der Waals surface area contributed by atoms with Crippen molar-refractivity contribution < 1.29 is 17.9 Å². The molecule has 7 heteroatoms. The van der Waals surface area contributed by atoms with Crippen LogP contribution in [0.15, 0.2) is 29.2 Å². The van der Waals surface area contributed by atoms with Gasteiger partial charge in [0.1, 0.15) is 6.04 Å². The summed E-state index contributed by atoms with van der Waals surface area (Å²) in [5.74, 6) is -0.843. The number of nitrogens with two attached hydrogens (primary N) is 1. The Balaban J connectivity index is 3.00. The Morgan fingerprint density at radius 1 is 1.26 bits per heavy atom. The van der Waals surface area contributed by atoms with Crippen LogP contribution in [0.5, 0.6) is 0 Å². The number of carbonyl (C=O) groups excluding carboxylic acids is 1. The molecule has 0 aliphatic rings. The number of hydrogen-bond acceptors (Lipinski definition) is 5. The van der Waals surface area contributed by atoms with Crippen molar-refractivity contribution in [2.75, 3.05) is 12.8 Å². The minimum atomic E-state index is -3.78. The van der Waals surface area contributed by atoms with E-state index in [1.54, 1.807) is 13.8 Å². The molecule has 0 saturated heterocycles. The molecule has 0 unspecified atom stereocenters. The lowest BCUT2D eigenvalue weighted by molar-refractivity contribution is -0.143. The summed E-state index contributed by atoms with van der Waals surface area (Å²) < 4.78 is 31.2. The van der Waals surface area contributed by atoms with E-state index >= 15 is 0 Å². The van der Waals surface area contributed by atoms with Crippen molar-refractivity contribution in [2.24, 2.45) is 5.92 Å². The molecule has 106 valence electrons. The van der Waals surface area contributed by atoms with Crippen LogP contribution in [0.4, 0.5) is 5.69 Å². The molecule has 6 nitrogen and oxygen atoms in total. The third-order valence-corrected chi connectivity index (χ3v) is 4.05. The first-order valence-electron chi connectivity index (χ1n) is 5.73. The summed E-state index contributed by atoms with van der Waals surface area (Å²) in [5, 5.41) is 0. The summed E-state index contributed by atoms with van der Waals surface area (Å²) in [4.78, 5) is 11.6. The Labute approximate surface area is 113 Å². The highest BCUT2D eigenvalue weighted by atomic mass is 32.2. The van der Waals surface area contributed by atoms with Crippen molar-refractivity contribution in [3.63, 3.8) is 0 Å². The van der Waals surface area contributed by atoms with Gasteiger partial charge in [-0.1, -0.05) is 13.8 Å². The number of anilines is 1. The minimum Gasteiger partial charge on any atom is -0.468 e. The molecule has 0 radical (unpaired) electrons. The number of ether oxygens (including phenoxy) is 1. The largest absolute Gasteiger partial charge is 0.468 e. The van der Waals surface area contributed by atoms with Crippen LogP contribution in [0.25, 0.3) is 0 Å². The number of nitrogens with one attached hydrogen (secondary N) is 1. The maximum atomic E-state index is 12.1. The topological polar surface area (TPSA) is 98.5 Å². The Morgan fingerprint density at radius 3 is 2.21 bits per heavy atom. The second-order valence-corrected chi connectivity index (χ2v) is 6.15. The maximum absolute atomic E-state index is 12.1. The molecule has 3 N–H and O–H groups in total. The fourth-order valence-electron chi connectivity index (χ4n) is 1.47. The zero-order valence-corrected chi connectivity index (χ0v) is 11.9. The van der Waals surface area contributed by atoms with Crippen molar-refractivity contribution in [1.82, 2.24) is 4.72 Å². The highest BCUT2D eigenvalue weighted by Crippen LogP contribution is 2.14. The van der Waals surface area contributed by atoms with Crippen LogP contribution in [-0.4, -0.2) is 27.5 Å². The summed E-state index contributed by atoms with van der Waals surface area (Å²) in [5.41, 5.74) is 5.96. The molecule has 0 aliphatic heterocycles. The predicted molar refractivity (Wildman–Crippen MR) is 71.8 cm³/mol. The van der Waals surface area contributed by atoms with Crippen molar-refractivity contribution in [3.8, 4) is 0 Å². The molecule has 0 aliphatic carbocycles. The van der Waals surface area contributed by atoms with Crippen LogP contribution >= 0.6 is 0 Å². The second-order valence-electron chi connectivity index (χ2n) is 4.44. The van der Waals surface area contributed by atoms with Crippen molar-refractivity contribution in [2.45, 2.75) is 24.8 Å². The first kappa shape index (κ1) is 15.5. The van der Waals surface area contributed by atoms with E-state index in [1.807, 2.05) is 0 Å². The van der Waals surface area contributed by atoms with Crippen LogP contribution in [0.1, 0.15) is 13.8 Å². The van der Waals surface area contributed by atoms with Crippen LogP contribution in [0, 0.1) is 5.92 Å². The molecule has 0 bridgehead atoms. The molecule has 0 heterocycles. The van der Waals surface area contributed by atoms with E-state index in [4.69, 9.17) is 5.73 Å². The van der Waals surface area contributed by atoms with E-state index in [0.717, 1.165) is 0 Å². The predicted octanol–water partition coefficient (Wildman–Crippen LogP) is 0.745. The summed E-state index contributed by atoms with van der Waals surface area (Å²) in [6.45, 7) is 3.46. The lowest BCUT2D eigenvalue weighted by Crippen LogP contribution is -2.44. The average molecular weight is 286 g/mol. The first-order chi connectivity index (χ1) is 8.77. The van der Waals surface area contributed by atoms with Gasteiger partial charge in [-0.05, 0) is 30.2 Å². The molecule has 1 rings (SSSR count). The summed E-state index contributed by atoms with van der Waals surface area (Å²) in [6, 6.07) is 4.81. The Morgan fingerprint density at radius 2 is 1.79 bits per heavy atom. The smallest absolute Gasteiger partial charge is 0.324 e. The lowest BCUT2D eigenvalue weighted by atomic mass is 10.1. The molecule has 0 amide bonds. The molecule has 1 aromatic carbocycles. The summed E-state index contributed by atoms with van der Waals surface area (Å²) >= 11 is 0. The van der Waals surface area contributed by atoms with E-state index in [1.165, 1.54) is 31.4 Å². The summed E-state index contributed by atoms with van der Waals surface area (Å²) in [6.07, 6.45) is 0. The average Bonchev–Trinajstić information content (AvgIpc) is 2.35. The van der Waals surface area contributed by atoms with E-state index in [9.17, 15) is 13.2 Å². The highest BCUT2D eigenvalue weighted by molar-refractivity contribution is 7.89. The normalized spacial score (nSPS) is 13.3. The molecule has 19 heavy (non-hydrogen) atoms.